The molecule has 0 saturated heterocycles. The predicted molar refractivity (Wildman–Crippen MR) is 114 cm³/mol. The van der Waals surface area contributed by atoms with Gasteiger partial charge < -0.3 is 15.2 Å². The van der Waals surface area contributed by atoms with Gasteiger partial charge in [0.2, 0.25) is 5.95 Å². The molecule has 1 fully saturated rings. The molecule has 0 radical (unpaired) electrons. The number of imidazole rings is 1. The van der Waals surface area contributed by atoms with Gasteiger partial charge in [-0.15, -0.1) is 0 Å². The zero-order chi connectivity index (χ0) is 22.3. The van der Waals surface area contributed by atoms with Crippen LogP contribution in [0.4, 0.5) is 30.6 Å². The van der Waals surface area contributed by atoms with E-state index in [1.807, 2.05) is 29.9 Å². The second-order valence-corrected chi connectivity index (χ2v) is 8.47. The van der Waals surface area contributed by atoms with Gasteiger partial charge in [-0.25, -0.2) is 9.97 Å². The molecule has 1 aliphatic carbocycles. The molecule has 5 rings (SSSR count). The minimum absolute atomic E-state index is 0.0488. The number of nitrogens with zero attached hydrogens (tertiary/aromatic N) is 5. The van der Waals surface area contributed by atoms with Crippen molar-refractivity contribution in [3.63, 3.8) is 0 Å². The monoisotopic (exact) mass is 443 g/mol. The Morgan fingerprint density at radius 2 is 2.00 bits per heavy atom. The fraction of sp³-hybridized carbons (Fsp3) is 0.409. The van der Waals surface area contributed by atoms with Crippen LogP contribution in [0.3, 0.4) is 0 Å². The number of aryl methyl sites for hydroxylation is 1. The van der Waals surface area contributed by atoms with E-state index in [0.717, 1.165) is 56.5 Å². The smallest absolute Gasteiger partial charge is 0.367 e. The van der Waals surface area contributed by atoms with Gasteiger partial charge in [0.05, 0.1) is 12.0 Å². The van der Waals surface area contributed by atoms with Crippen molar-refractivity contribution < 1.29 is 13.2 Å². The molecule has 2 aliphatic rings. The first-order valence-electron chi connectivity index (χ1n) is 10.6. The van der Waals surface area contributed by atoms with Crippen molar-refractivity contribution in [2.45, 2.75) is 44.6 Å². The maximum absolute atomic E-state index is 13.3. The first-order valence-corrected chi connectivity index (χ1v) is 10.6. The van der Waals surface area contributed by atoms with E-state index in [1.54, 1.807) is 6.33 Å². The molecule has 1 saturated carbocycles. The van der Waals surface area contributed by atoms with Crippen LogP contribution in [0, 0.1) is 0 Å². The zero-order valence-corrected chi connectivity index (χ0v) is 17.7. The largest absolute Gasteiger partial charge is 0.421 e. The van der Waals surface area contributed by atoms with Crippen molar-refractivity contribution in [1.82, 2.24) is 24.4 Å². The van der Waals surface area contributed by atoms with Gasteiger partial charge in [-0.3, -0.25) is 4.90 Å². The van der Waals surface area contributed by atoms with Crippen LogP contribution >= 0.6 is 0 Å². The summed E-state index contributed by atoms with van der Waals surface area (Å²) in [7, 11) is 1.95. The Balaban J connectivity index is 1.32. The molecular weight excluding hydrogens is 419 g/mol. The van der Waals surface area contributed by atoms with Crippen molar-refractivity contribution in [3.05, 3.63) is 59.3 Å². The molecule has 0 atom stereocenters. The molecule has 0 unspecified atom stereocenters. The fourth-order valence-corrected chi connectivity index (χ4v) is 3.92. The minimum Gasteiger partial charge on any atom is -0.367 e. The van der Waals surface area contributed by atoms with Gasteiger partial charge in [-0.2, -0.15) is 18.2 Å². The van der Waals surface area contributed by atoms with Gasteiger partial charge in [-0.05, 0) is 42.5 Å². The van der Waals surface area contributed by atoms with Crippen LogP contribution in [0.25, 0.3) is 0 Å². The van der Waals surface area contributed by atoms with E-state index in [1.165, 1.54) is 11.1 Å². The summed E-state index contributed by atoms with van der Waals surface area (Å²) in [4.78, 5) is 14.8. The van der Waals surface area contributed by atoms with E-state index >= 15 is 0 Å². The number of aromatic nitrogens is 4. The van der Waals surface area contributed by atoms with E-state index in [9.17, 15) is 13.2 Å². The Labute approximate surface area is 183 Å². The maximum atomic E-state index is 13.3. The highest BCUT2D eigenvalue weighted by Gasteiger charge is 2.37. The molecule has 3 aromatic rings. The number of halogens is 3. The molecule has 10 heteroatoms. The molecule has 0 spiro atoms. The lowest BCUT2D eigenvalue weighted by Gasteiger charge is -2.28. The standard InChI is InChI=1S/C22H24F3N7/c1-31-11-18(27-13-31)12-32-7-6-14-2-3-17(8-15(14)10-32)29-21-26-9-19(22(23,24)25)20(30-21)28-16-4-5-16/h2-3,8-9,11,13,16H,4-7,10,12H2,1H3,(H2,26,28,29,30). The average Bonchev–Trinajstić information content (AvgIpc) is 3.46. The van der Waals surface area contributed by atoms with Crippen LogP contribution in [0.5, 0.6) is 0 Å². The molecule has 168 valence electrons. The van der Waals surface area contributed by atoms with Gasteiger partial charge in [0.25, 0.3) is 0 Å². The highest BCUT2D eigenvalue weighted by molar-refractivity contribution is 5.59. The molecule has 32 heavy (non-hydrogen) atoms. The van der Waals surface area contributed by atoms with Crippen LogP contribution in [0.1, 0.15) is 35.2 Å². The van der Waals surface area contributed by atoms with Crippen LogP contribution in [0.15, 0.2) is 36.9 Å². The predicted octanol–water partition coefficient (Wildman–Crippen LogP) is 4.11. The first-order chi connectivity index (χ1) is 15.3. The van der Waals surface area contributed by atoms with Crippen molar-refractivity contribution in [2.24, 2.45) is 7.05 Å². The Bertz CT molecular complexity index is 1120. The third kappa shape index (κ3) is 4.69. The maximum Gasteiger partial charge on any atom is 0.421 e. The molecule has 2 aromatic heterocycles. The third-order valence-corrected chi connectivity index (χ3v) is 5.71. The van der Waals surface area contributed by atoms with Crippen molar-refractivity contribution >= 4 is 17.5 Å². The normalized spacial score (nSPS) is 16.6. The van der Waals surface area contributed by atoms with Gasteiger partial charge in [0.15, 0.2) is 0 Å². The summed E-state index contributed by atoms with van der Waals surface area (Å²) in [5, 5.41) is 5.94. The minimum atomic E-state index is -4.50. The van der Waals surface area contributed by atoms with Crippen LogP contribution in [0.2, 0.25) is 0 Å². The number of rotatable bonds is 6. The summed E-state index contributed by atoms with van der Waals surface area (Å²) < 4.78 is 41.9. The number of fused-ring (bicyclic) bond motifs is 1. The SMILES string of the molecule is Cn1cnc(CN2CCc3ccc(Nc4ncc(C(F)(F)F)c(NC5CC5)n4)cc3C2)c1. The van der Waals surface area contributed by atoms with Gasteiger partial charge in [0, 0.05) is 50.8 Å². The van der Waals surface area contributed by atoms with Crippen molar-refractivity contribution in [1.29, 1.82) is 0 Å². The van der Waals surface area contributed by atoms with Crippen molar-refractivity contribution in [2.75, 3.05) is 17.2 Å². The van der Waals surface area contributed by atoms with E-state index < -0.39 is 11.7 Å². The molecule has 0 amide bonds. The number of hydrogen-bond acceptors (Lipinski definition) is 6. The Hall–Kier alpha value is -3.14. The highest BCUT2D eigenvalue weighted by Crippen LogP contribution is 2.36. The van der Waals surface area contributed by atoms with E-state index in [-0.39, 0.29) is 17.8 Å². The number of benzene rings is 1. The summed E-state index contributed by atoms with van der Waals surface area (Å²) in [6.45, 7) is 2.51. The van der Waals surface area contributed by atoms with Crippen molar-refractivity contribution in [3.8, 4) is 0 Å². The van der Waals surface area contributed by atoms with Crippen LogP contribution in [-0.2, 0) is 32.7 Å². The van der Waals surface area contributed by atoms with E-state index in [0.29, 0.717) is 0 Å². The average molecular weight is 443 g/mol. The Kier molecular flexibility index (Phi) is 5.24. The topological polar surface area (TPSA) is 70.9 Å². The lowest BCUT2D eigenvalue weighted by Crippen LogP contribution is -2.30. The third-order valence-electron chi connectivity index (χ3n) is 5.71. The lowest BCUT2D eigenvalue weighted by atomic mass is 9.99. The number of hydrogen-bond donors (Lipinski definition) is 2. The fourth-order valence-electron chi connectivity index (χ4n) is 3.92. The molecule has 1 aliphatic heterocycles. The van der Waals surface area contributed by atoms with Gasteiger partial charge >= 0.3 is 6.18 Å². The van der Waals surface area contributed by atoms with Gasteiger partial charge in [-0.1, -0.05) is 6.07 Å². The Morgan fingerprint density at radius 1 is 1.16 bits per heavy atom. The van der Waals surface area contributed by atoms with Crippen LogP contribution < -0.4 is 10.6 Å². The summed E-state index contributed by atoms with van der Waals surface area (Å²) in [5.41, 5.74) is 3.39. The van der Waals surface area contributed by atoms with Gasteiger partial charge in [0.1, 0.15) is 11.4 Å². The van der Waals surface area contributed by atoms with Crippen LogP contribution in [-0.4, -0.2) is 37.0 Å². The number of anilines is 3. The molecular formula is C22H24F3N7. The molecule has 0 bridgehead atoms. The second kappa shape index (κ2) is 8.09. The lowest BCUT2D eigenvalue weighted by molar-refractivity contribution is -0.137. The summed E-state index contributed by atoms with van der Waals surface area (Å²) in [6, 6.07) is 6.05. The second-order valence-electron chi connectivity index (χ2n) is 8.47. The highest BCUT2D eigenvalue weighted by atomic mass is 19.4. The summed E-state index contributed by atoms with van der Waals surface area (Å²) in [5.74, 6) is -0.0285. The van der Waals surface area contributed by atoms with E-state index in [2.05, 4.69) is 36.6 Å². The number of alkyl halides is 3. The number of nitrogens with one attached hydrogen (secondary N) is 2. The molecule has 2 N–H and O–H groups in total. The first kappa shape index (κ1) is 20.7. The van der Waals surface area contributed by atoms with E-state index in [4.69, 9.17) is 0 Å². The molecule has 1 aromatic carbocycles. The Morgan fingerprint density at radius 3 is 2.72 bits per heavy atom. The molecule has 7 nitrogen and oxygen atoms in total. The summed E-state index contributed by atoms with van der Waals surface area (Å²) in [6.07, 6.45) is 2.79. The summed E-state index contributed by atoms with van der Waals surface area (Å²) >= 11 is 0. The zero-order valence-electron chi connectivity index (χ0n) is 17.7. The quantitative estimate of drug-likeness (QED) is 0.598. The molecule has 3 heterocycles.